The fourth-order valence-corrected chi connectivity index (χ4v) is 1.48. The van der Waals surface area contributed by atoms with Gasteiger partial charge in [-0.15, -0.1) is 0 Å². The molecule has 1 aromatic rings. The average molecular weight is 266 g/mol. The molecule has 0 aromatic heterocycles. The van der Waals surface area contributed by atoms with Gasteiger partial charge in [0.1, 0.15) is 11.8 Å². The van der Waals surface area contributed by atoms with E-state index in [-0.39, 0.29) is 11.3 Å². The van der Waals surface area contributed by atoms with Crippen molar-refractivity contribution in [2.45, 2.75) is 19.4 Å². The van der Waals surface area contributed by atoms with E-state index in [0.717, 1.165) is 0 Å². The second kappa shape index (κ2) is 5.85. The molecule has 7 nitrogen and oxygen atoms in total. The van der Waals surface area contributed by atoms with Gasteiger partial charge in [-0.1, -0.05) is 12.1 Å². The van der Waals surface area contributed by atoms with Crippen LogP contribution in [0.25, 0.3) is 0 Å². The topological polar surface area (TPSA) is 130 Å². The number of carbonyl (C=O) groups is 3. The molecule has 1 rings (SSSR count). The number of phenolic OH excluding ortho intramolecular Hbond substituents is 1. The van der Waals surface area contributed by atoms with Crippen LogP contribution >= 0.6 is 0 Å². The molecule has 0 spiro atoms. The molecule has 0 aliphatic heterocycles. The Morgan fingerprint density at radius 2 is 2.00 bits per heavy atom. The molecule has 2 amide bonds. The van der Waals surface area contributed by atoms with Crippen molar-refractivity contribution in [1.29, 1.82) is 0 Å². The van der Waals surface area contributed by atoms with Gasteiger partial charge in [-0.3, -0.25) is 9.59 Å². The molecule has 0 heterocycles. The molecule has 0 bridgehead atoms. The van der Waals surface area contributed by atoms with Crippen LogP contribution in [-0.2, 0) is 9.59 Å². The number of benzene rings is 1. The minimum atomic E-state index is -1.43. The monoisotopic (exact) mass is 266 g/mol. The number of aromatic hydroxyl groups is 1. The van der Waals surface area contributed by atoms with E-state index in [4.69, 9.17) is 10.8 Å². The first kappa shape index (κ1) is 14.5. The van der Waals surface area contributed by atoms with E-state index in [0.29, 0.717) is 5.56 Å². The molecule has 1 atom stereocenters. The first-order valence-electron chi connectivity index (χ1n) is 5.43. The number of aryl methyl sites for hydroxylation is 1. The van der Waals surface area contributed by atoms with Gasteiger partial charge in [0.15, 0.2) is 0 Å². The van der Waals surface area contributed by atoms with E-state index in [1.54, 1.807) is 19.1 Å². The number of rotatable bonds is 5. The average Bonchev–Trinajstić information content (AvgIpc) is 2.31. The Hall–Kier alpha value is -2.57. The molecule has 0 aliphatic carbocycles. The third kappa shape index (κ3) is 3.70. The van der Waals surface area contributed by atoms with Crippen LogP contribution in [0.2, 0.25) is 0 Å². The van der Waals surface area contributed by atoms with Crippen LogP contribution in [-0.4, -0.2) is 34.0 Å². The summed E-state index contributed by atoms with van der Waals surface area (Å²) in [6.07, 6.45) is -0.520. The first-order valence-corrected chi connectivity index (χ1v) is 5.43. The number of carboxylic acids is 1. The van der Waals surface area contributed by atoms with Crippen molar-refractivity contribution < 1.29 is 24.6 Å². The zero-order valence-electron chi connectivity index (χ0n) is 10.2. The highest BCUT2D eigenvalue weighted by molar-refractivity contribution is 5.99. The third-order valence-corrected chi connectivity index (χ3v) is 2.49. The summed E-state index contributed by atoms with van der Waals surface area (Å²) in [4.78, 5) is 33.4. The number of hydrogen-bond donors (Lipinski definition) is 4. The number of amides is 2. The van der Waals surface area contributed by atoms with E-state index >= 15 is 0 Å². The summed E-state index contributed by atoms with van der Waals surface area (Å²) in [5, 5.41) is 20.7. The third-order valence-electron chi connectivity index (χ3n) is 2.49. The minimum absolute atomic E-state index is 0.0595. The zero-order chi connectivity index (χ0) is 14.6. The van der Waals surface area contributed by atoms with Crippen molar-refractivity contribution in [3.63, 3.8) is 0 Å². The number of nitrogens with two attached hydrogens (primary N) is 1. The molecule has 1 aromatic carbocycles. The van der Waals surface area contributed by atoms with Gasteiger partial charge in [0.05, 0.1) is 12.0 Å². The van der Waals surface area contributed by atoms with Crippen molar-refractivity contribution >= 4 is 17.8 Å². The maximum atomic E-state index is 11.8. The standard InChI is InChI=1S/C12H14N2O5/c1-6-3-2-4-7(10(6)16)11(17)14-8(12(18)19)5-9(13)15/h2-4,8,16H,5H2,1H3,(H2,13,15)(H,14,17)(H,18,19)/t8-/m0/s1. The lowest BCUT2D eigenvalue weighted by molar-refractivity contribution is -0.140. The molecule has 0 unspecified atom stereocenters. The highest BCUT2D eigenvalue weighted by atomic mass is 16.4. The summed E-state index contributed by atoms with van der Waals surface area (Å²) in [6, 6.07) is 3.07. The summed E-state index contributed by atoms with van der Waals surface area (Å²) < 4.78 is 0. The first-order chi connectivity index (χ1) is 8.82. The molecular formula is C12H14N2O5. The molecule has 0 radical (unpaired) electrons. The van der Waals surface area contributed by atoms with Crippen molar-refractivity contribution in [1.82, 2.24) is 5.32 Å². The molecule has 5 N–H and O–H groups in total. The fraction of sp³-hybridized carbons (Fsp3) is 0.250. The second-order valence-corrected chi connectivity index (χ2v) is 4.01. The second-order valence-electron chi connectivity index (χ2n) is 4.01. The smallest absolute Gasteiger partial charge is 0.326 e. The Morgan fingerprint density at radius 1 is 1.37 bits per heavy atom. The molecule has 0 fully saturated rings. The van der Waals surface area contributed by atoms with Crippen LogP contribution in [0.3, 0.4) is 0 Å². The van der Waals surface area contributed by atoms with Gasteiger partial charge in [-0.05, 0) is 18.6 Å². The maximum absolute atomic E-state index is 11.8. The minimum Gasteiger partial charge on any atom is -0.507 e. The van der Waals surface area contributed by atoms with Gasteiger partial charge >= 0.3 is 5.97 Å². The van der Waals surface area contributed by atoms with E-state index < -0.39 is 30.2 Å². The summed E-state index contributed by atoms with van der Waals surface area (Å²) in [6.45, 7) is 1.60. The van der Waals surface area contributed by atoms with Crippen LogP contribution in [0.15, 0.2) is 18.2 Å². The van der Waals surface area contributed by atoms with Gasteiger partial charge in [0.2, 0.25) is 5.91 Å². The number of para-hydroxylation sites is 1. The Kier molecular flexibility index (Phi) is 4.46. The summed E-state index contributed by atoms with van der Waals surface area (Å²) in [5.41, 5.74) is 5.32. The molecule has 0 saturated carbocycles. The number of hydrogen-bond acceptors (Lipinski definition) is 4. The Labute approximate surface area is 109 Å². The highest BCUT2D eigenvalue weighted by Gasteiger charge is 2.24. The van der Waals surface area contributed by atoms with E-state index in [1.165, 1.54) is 6.07 Å². The van der Waals surface area contributed by atoms with Crippen LogP contribution in [0.4, 0.5) is 0 Å². The predicted octanol–water partition coefficient (Wildman–Crippen LogP) is -0.241. The number of carbonyl (C=O) groups excluding carboxylic acids is 2. The van der Waals surface area contributed by atoms with Crippen molar-refractivity contribution in [2.24, 2.45) is 5.73 Å². The SMILES string of the molecule is Cc1cccc(C(=O)N[C@@H](CC(N)=O)C(=O)O)c1O. The lowest BCUT2D eigenvalue weighted by Gasteiger charge is -2.13. The van der Waals surface area contributed by atoms with Gasteiger partial charge in [0.25, 0.3) is 5.91 Å². The van der Waals surface area contributed by atoms with Crippen LogP contribution in [0, 0.1) is 6.92 Å². The molecule has 0 saturated heterocycles. The largest absolute Gasteiger partial charge is 0.507 e. The Morgan fingerprint density at radius 3 is 2.53 bits per heavy atom. The van der Waals surface area contributed by atoms with Crippen LogP contribution in [0.5, 0.6) is 5.75 Å². The fourth-order valence-electron chi connectivity index (χ4n) is 1.48. The van der Waals surface area contributed by atoms with Gasteiger partial charge in [-0.2, -0.15) is 0 Å². The highest BCUT2D eigenvalue weighted by Crippen LogP contribution is 2.21. The quantitative estimate of drug-likeness (QED) is 0.584. The van der Waals surface area contributed by atoms with Crippen molar-refractivity contribution in [3.05, 3.63) is 29.3 Å². The summed E-state index contributed by atoms with van der Waals surface area (Å²) in [5.74, 6) is -3.24. The molecular weight excluding hydrogens is 252 g/mol. The van der Waals surface area contributed by atoms with E-state index in [2.05, 4.69) is 5.32 Å². The maximum Gasteiger partial charge on any atom is 0.326 e. The molecule has 7 heteroatoms. The number of primary amides is 1. The van der Waals surface area contributed by atoms with Crippen molar-refractivity contribution in [2.75, 3.05) is 0 Å². The number of carboxylic acid groups (broad SMARTS) is 1. The Balaban J connectivity index is 2.91. The normalized spacial score (nSPS) is 11.6. The Bertz CT molecular complexity index is 527. The summed E-state index contributed by atoms with van der Waals surface area (Å²) in [7, 11) is 0. The number of aliphatic carboxylic acids is 1. The van der Waals surface area contributed by atoms with Gasteiger partial charge < -0.3 is 21.3 Å². The van der Waals surface area contributed by atoms with Crippen molar-refractivity contribution in [3.8, 4) is 5.75 Å². The van der Waals surface area contributed by atoms with E-state index in [9.17, 15) is 19.5 Å². The predicted molar refractivity (Wildman–Crippen MR) is 65.5 cm³/mol. The zero-order valence-corrected chi connectivity index (χ0v) is 10.2. The molecule has 0 aliphatic rings. The molecule has 19 heavy (non-hydrogen) atoms. The van der Waals surface area contributed by atoms with Crippen LogP contribution in [0.1, 0.15) is 22.3 Å². The lowest BCUT2D eigenvalue weighted by Crippen LogP contribution is -2.43. The lowest BCUT2D eigenvalue weighted by atomic mass is 10.1. The summed E-state index contributed by atoms with van der Waals surface area (Å²) >= 11 is 0. The van der Waals surface area contributed by atoms with E-state index in [1.807, 2.05) is 0 Å². The van der Waals surface area contributed by atoms with Crippen LogP contribution < -0.4 is 11.1 Å². The van der Waals surface area contributed by atoms with Gasteiger partial charge in [-0.25, -0.2) is 4.79 Å². The number of phenols is 1. The number of nitrogens with one attached hydrogen (secondary N) is 1. The molecule has 102 valence electrons. The van der Waals surface area contributed by atoms with Gasteiger partial charge in [0, 0.05) is 0 Å².